The predicted molar refractivity (Wildman–Crippen MR) is 131 cm³/mol. The summed E-state index contributed by atoms with van der Waals surface area (Å²) in [7, 11) is 0. The fourth-order valence-corrected chi connectivity index (χ4v) is 5.15. The first kappa shape index (κ1) is 23.0. The molecule has 174 valence electrons. The van der Waals surface area contributed by atoms with E-state index in [-0.39, 0.29) is 42.4 Å². The lowest BCUT2D eigenvalue weighted by atomic mass is 10.1. The normalized spacial score (nSPS) is 17.4. The van der Waals surface area contributed by atoms with Crippen LogP contribution < -0.4 is 0 Å². The van der Waals surface area contributed by atoms with Gasteiger partial charge >= 0.3 is 0 Å². The number of imidazole rings is 1. The first-order valence-corrected chi connectivity index (χ1v) is 11.9. The van der Waals surface area contributed by atoms with Gasteiger partial charge in [-0.2, -0.15) is 0 Å². The van der Waals surface area contributed by atoms with Crippen LogP contribution in [0.15, 0.2) is 54.6 Å². The number of nitrogens with zero attached hydrogens (tertiary/aromatic N) is 4. The van der Waals surface area contributed by atoms with Gasteiger partial charge in [0.15, 0.2) is 0 Å². The first-order valence-electron chi connectivity index (χ1n) is 11.9. The lowest BCUT2D eigenvalue weighted by Gasteiger charge is -2.31. The molecular weight excluding hydrogens is 412 g/mol. The van der Waals surface area contributed by atoms with Crippen molar-refractivity contribution < 1.29 is 9.59 Å². The number of fused-ring (bicyclic) bond motifs is 1. The Bertz CT molecular complexity index is 1130. The number of benzene rings is 2. The highest BCUT2D eigenvalue weighted by molar-refractivity contribution is 5.83. The fourth-order valence-electron chi connectivity index (χ4n) is 5.15. The molecule has 2 heterocycles. The summed E-state index contributed by atoms with van der Waals surface area (Å²) in [5, 5.41) is 0. The molecule has 3 aromatic rings. The van der Waals surface area contributed by atoms with Crippen LogP contribution in [0, 0.1) is 0 Å². The number of hydrogen-bond acceptors (Lipinski definition) is 3. The van der Waals surface area contributed by atoms with E-state index >= 15 is 0 Å². The molecule has 0 bridgehead atoms. The average Bonchev–Trinajstić information content (AvgIpc) is 3.34. The highest BCUT2D eigenvalue weighted by Gasteiger charge is 2.37. The Morgan fingerprint density at radius 2 is 1.64 bits per heavy atom. The van der Waals surface area contributed by atoms with Gasteiger partial charge in [0.25, 0.3) is 0 Å². The molecule has 6 nitrogen and oxygen atoms in total. The number of likely N-dealkylation sites (tertiary alicyclic amines) is 1. The zero-order chi connectivity index (χ0) is 23.7. The summed E-state index contributed by atoms with van der Waals surface area (Å²) in [6, 6.07) is 18.3. The quantitative estimate of drug-likeness (QED) is 0.526. The zero-order valence-electron chi connectivity index (χ0n) is 20.2. The third-order valence-electron chi connectivity index (χ3n) is 6.65. The van der Waals surface area contributed by atoms with Gasteiger partial charge in [0, 0.05) is 31.0 Å². The van der Waals surface area contributed by atoms with Gasteiger partial charge in [0.2, 0.25) is 11.8 Å². The van der Waals surface area contributed by atoms with E-state index in [9.17, 15) is 9.59 Å². The Kier molecular flexibility index (Phi) is 6.54. The highest BCUT2D eigenvalue weighted by Crippen LogP contribution is 2.35. The Hall–Kier alpha value is -3.15. The van der Waals surface area contributed by atoms with E-state index < -0.39 is 0 Å². The number of para-hydroxylation sites is 2. The molecule has 2 atom stereocenters. The maximum atomic E-state index is 13.3. The van der Waals surface area contributed by atoms with Crippen molar-refractivity contribution in [3.05, 3.63) is 66.0 Å². The molecule has 0 radical (unpaired) electrons. The van der Waals surface area contributed by atoms with Crippen LogP contribution in [0.5, 0.6) is 0 Å². The number of carbonyl (C=O) groups excluding carboxylic acids is 2. The lowest BCUT2D eigenvalue weighted by Crippen LogP contribution is -2.44. The molecule has 1 aliphatic rings. The van der Waals surface area contributed by atoms with Crippen molar-refractivity contribution in [3.8, 4) is 0 Å². The minimum Gasteiger partial charge on any atom is -0.336 e. The minimum absolute atomic E-state index is 0.000494. The number of amides is 2. The van der Waals surface area contributed by atoms with Crippen molar-refractivity contribution >= 4 is 22.8 Å². The molecule has 0 aliphatic carbocycles. The van der Waals surface area contributed by atoms with Crippen molar-refractivity contribution in [2.24, 2.45) is 0 Å². The van der Waals surface area contributed by atoms with Crippen molar-refractivity contribution in [1.29, 1.82) is 0 Å². The summed E-state index contributed by atoms with van der Waals surface area (Å²) in [5.41, 5.74) is 2.93. The van der Waals surface area contributed by atoms with E-state index in [1.807, 2.05) is 84.5 Å². The van der Waals surface area contributed by atoms with Gasteiger partial charge < -0.3 is 14.4 Å². The summed E-state index contributed by atoms with van der Waals surface area (Å²) in [6.45, 7) is 11.1. The summed E-state index contributed by atoms with van der Waals surface area (Å²) in [4.78, 5) is 35.1. The largest absolute Gasteiger partial charge is 0.336 e. The monoisotopic (exact) mass is 446 g/mol. The van der Waals surface area contributed by atoms with Crippen molar-refractivity contribution in [3.63, 3.8) is 0 Å². The first-order chi connectivity index (χ1) is 15.8. The van der Waals surface area contributed by atoms with Crippen LogP contribution in [0.1, 0.15) is 64.4 Å². The molecule has 0 saturated carbocycles. The van der Waals surface area contributed by atoms with Crippen LogP contribution in [-0.2, 0) is 16.1 Å². The molecule has 2 unspecified atom stereocenters. The molecule has 2 amide bonds. The second-order valence-electron chi connectivity index (χ2n) is 9.57. The van der Waals surface area contributed by atoms with Crippen LogP contribution in [0.25, 0.3) is 11.0 Å². The van der Waals surface area contributed by atoms with E-state index in [1.165, 1.54) is 0 Å². The second-order valence-corrected chi connectivity index (χ2v) is 9.57. The Labute approximate surface area is 196 Å². The Balaban J connectivity index is 1.66. The molecule has 4 rings (SSSR count). The minimum atomic E-state index is -0.0459. The number of carbonyl (C=O) groups is 2. The number of rotatable bonds is 7. The van der Waals surface area contributed by atoms with Crippen LogP contribution in [0.4, 0.5) is 0 Å². The summed E-state index contributed by atoms with van der Waals surface area (Å²) in [6.07, 6.45) is 0.409. The molecule has 0 N–H and O–H groups in total. The van der Waals surface area contributed by atoms with Gasteiger partial charge in [0.1, 0.15) is 12.4 Å². The summed E-state index contributed by atoms with van der Waals surface area (Å²) in [5.74, 6) is 0.985. The Morgan fingerprint density at radius 1 is 1.00 bits per heavy atom. The SMILES string of the molecule is CC(c1ccccc1)N1CC(c2nc3ccccc3n2CC(=O)N(C(C)C)C(C)C)CC1=O. The van der Waals surface area contributed by atoms with Crippen molar-refractivity contribution in [1.82, 2.24) is 19.4 Å². The zero-order valence-corrected chi connectivity index (χ0v) is 20.2. The van der Waals surface area contributed by atoms with E-state index in [2.05, 4.69) is 19.1 Å². The summed E-state index contributed by atoms with van der Waals surface area (Å²) >= 11 is 0. The molecule has 1 aliphatic heterocycles. The standard InChI is InChI=1S/C27H34N4O2/c1-18(2)31(19(3)4)26(33)17-30-24-14-10-9-13-23(24)28-27(30)22-15-25(32)29(16-22)20(5)21-11-7-6-8-12-21/h6-14,18-20,22H,15-17H2,1-5H3. The van der Waals surface area contributed by atoms with Crippen LogP contribution in [0.2, 0.25) is 0 Å². The average molecular weight is 447 g/mol. The van der Waals surface area contributed by atoms with E-state index in [1.54, 1.807) is 0 Å². The maximum Gasteiger partial charge on any atom is 0.243 e. The van der Waals surface area contributed by atoms with Gasteiger partial charge in [-0.15, -0.1) is 0 Å². The molecule has 1 aromatic heterocycles. The Morgan fingerprint density at radius 3 is 2.30 bits per heavy atom. The topological polar surface area (TPSA) is 58.4 Å². The van der Waals surface area contributed by atoms with E-state index in [4.69, 9.17) is 4.98 Å². The van der Waals surface area contributed by atoms with Crippen molar-refractivity contribution in [2.75, 3.05) is 6.54 Å². The molecule has 33 heavy (non-hydrogen) atoms. The van der Waals surface area contributed by atoms with Gasteiger partial charge in [-0.3, -0.25) is 9.59 Å². The van der Waals surface area contributed by atoms with Gasteiger partial charge in [0.05, 0.1) is 17.1 Å². The molecule has 1 fully saturated rings. The van der Waals surface area contributed by atoms with Gasteiger partial charge in [-0.05, 0) is 52.3 Å². The molecule has 1 saturated heterocycles. The van der Waals surface area contributed by atoms with E-state index in [0.29, 0.717) is 13.0 Å². The van der Waals surface area contributed by atoms with Crippen LogP contribution in [-0.4, -0.2) is 49.8 Å². The predicted octanol–water partition coefficient (Wildman–Crippen LogP) is 4.76. The van der Waals surface area contributed by atoms with Gasteiger partial charge in [-0.25, -0.2) is 4.98 Å². The third-order valence-corrected chi connectivity index (χ3v) is 6.65. The van der Waals surface area contributed by atoms with Crippen molar-refractivity contribution in [2.45, 2.75) is 71.6 Å². The van der Waals surface area contributed by atoms with E-state index in [0.717, 1.165) is 22.4 Å². The smallest absolute Gasteiger partial charge is 0.243 e. The highest BCUT2D eigenvalue weighted by atomic mass is 16.2. The number of hydrogen-bond donors (Lipinski definition) is 0. The fraction of sp³-hybridized carbons (Fsp3) is 0.444. The van der Waals surface area contributed by atoms with Crippen LogP contribution >= 0.6 is 0 Å². The number of aromatic nitrogens is 2. The summed E-state index contributed by atoms with van der Waals surface area (Å²) < 4.78 is 2.03. The second kappa shape index (κ2) is 9.38. The molecule has 2 aromatic carbocycles. The molecule has 0 spiro atoms. The lowest BCUT2D eigenvalue weighted by molar-refractivity contribution is -0.135. The molecular formula is C27H34N4O2. The third kappa shape index (κ3) is 4.52. The van der Waals surface area contributed by atoms with Gasteiger partial charge in [-0.1, -0.05) is 42.5 Å². The molecule has 6 heteroatoms. The van der Waals surface area contributed by atoms with Crippen LogP contribution in [0.3, 0.4) is 0 Å². The maximum absolute atomic E-state index is 13.3.